The highest BCUT2D eigenvalue weighted by atomic mass is 32.1. The Morgan fingerprint density at radius 3 is 2.93 bits per heavy atom. The second kappa shape index (κ2) is 7.77. The van der Waals surface area contributed by atoms with E-state index in [1.807, 2.05) is 31.2 Å². The van der Waals surface area contributed by atoms with Crippen molar-refractivity contribution in [2.45, 2.75) is 19.9 Å². The Morgan fingerprint density at radius 1 is 1.21 bits per heavy atom. The van der Waals surface area contributed by atoms with Crippen LogP contribution in [0.15, 0.2) is 53.6 Å². The van der Waals surface area contributed by atoms with Crippen molar-refractivity contribution in [3.63, 3.8) is 0 Å². The van der Waals surface area contributed by atoms with Crippen molar-refractivity contribution in [3.05, 3.63) is 59.1 Å². The van der Waals surface area contributed by atoms with Crippen molar-refractivity contribution in [3.8, 4) is 5.75 Å². The second-order valence-electron chi connectivity index (χ2n) is 6.14. The number of carbonyl (C=O) groups excluding carboxylic acids is 1. The van der Waals surface area contributed by atoms with Crippen LogP contribution in [0.3, 0.4) is 0 Å². The number of rotatable bonds is 6. The number of carbonyl (C=O) groups is 1. The van der Waals surface area contributed by atoms with Crippen LogP contribution in [-0.2, 0) is 11.3 Å². The van der Waals surface area contributed by atoms with Gasteiger partial charge in [0.15, 0.2) is 5.13 Å². The highest BCUT2D eigenvalue weighted by Crippen LogP contribution is 2.29. The Morgan fingerprint density at radius 2 is 2.07 bits per heavy atom. The van der Waals surface area contributed by atoms with Crippen LogP contribution in [0.25, 0.3) is 21.1 Å². The molecule has 28 heavy (non-hydrogen) atoms. The topological polar surface area (TPSA) is 86.1 Å². The first-order chi connectivity index (χ1) is 13.6. The fourth-order valence-electron chi connectivity index (χ4n) is 2.88. The van der Waals surface area contributed by atoms with E-state index in [-0.39, 0.29) is 24.4 Å². The molecule has 0 radical (unpaired) electrons. The molecule has 0 aliphatic rings. The summed E-state index contributed by atoms with van der Waals surface area (Å²) in [7, 11) is 0. The number of nitrogens with zero attached hydrogens (tertiary/aromatic N) is 3. The molecule has 0 atom stereocenters. The van der Waals surface area contributed by atoms with E-state index in [2.05, 4.69) is 15.3 Å². The molecule has 1 amide bonds. The maximum atomic E-state index is 12.5. The van der Waals surface area contributed by atoms with Crippen LogP contribution in [0.4, 0.5) is 5.13 Å². The average Bonchev–Trinajstić information content (AvgIpc) is 3.09. The third-order valence-corrected chi connectivity index (χ3v) is 5.16. The number of thiazole rings is 1. The van der Waals surface area contributed by atoms with Gasteiger partial charge in [0.25, 0.3) is 5.56 Å². The number of hydrogen-bond acceptors (Lipinski definition) is 6. The van der Waals surface area contributed by atoms with Crippen molar-refractivity contribution in [1.82, 2.24) is 14.5 Å². The first kappa shape index (κ1) is 18.1. The number of benzene rings is 2. The first-order valence-corrected chi connectivity index (χ1v) is 9.73. The van der Waals surface area contributed by atoms with E-state index >= 15 is 0 Å². The number of para-hydroxylation sites is 1. The van der Waals surface area contributed by atoms with E-state index in [0.29, 0.717) is 22.6 Å². The molecule has 0 fully saturated rings. The molecule has 7 nitrogen and oxygen atoms in total. The van der Waals surface area contributed by atoms with Crippen molar-refractivity contribution < 1.29 is 9.53 Å². The molecule has 2 aromatic heterocycles. The summed E-state index contributed by atoms with van der Waals surface area (Å²) in [6, 6.07) is 12.8. The van der Waals surface area contributed by atoms with Gasteiger partial charge in [0, 0.05) is 13.0 Å². The van der Waals surface area contributed by atoms with Crippen LogP contribution in [0.1, 0.15) is 13.3 Å². The van der Waals surface area contributed by atoms with Gasteiger partial charge in [-0.25, -0.2) is 9.97 Å². The number of hydrogen-bond donors (Lipinski definition) is 1. The number of amides is 1. The molecule has 0 unspecified atom stereocenters. The molecular formula is C20H18N4O3S. The van der Waals surface area contributed by atoms with E-state index in [1.165, 1.54) is 22.2 Å². The van der Waals surface area contributed by atoms with E-state index in [4.69, 9.17) is 4.74 Å². The van der Waals surface area contributed by atoms with Crippen LogP contribution in [-0.4, -0.2) is 27.0 Å². The number of fused-ring (bicyclic) bond motifs is 2. The van der Waals surface area contributed by atoms with Crippen LogP contribution in [0.2, 0.25) is 0 Å². The number of aryl methyl sites for hydroxylation is 1. The molecule has 0 aliphatic carbocycles. The van der Waals surface area contributed by atoms with Crippen molar-refractivity contribution >= 4 is 43.5 Å². The van der Waals surface area contributed by atoms with E-state index < -0.39 is 0 Å². The summed E-state index contributed by atoms with van der Waals surface area (Å²) in [5.41, 5.74) is 1.30. The molecule has 0 aliphatic heterocycles. The maximum absolute atomic E-state index is 12.5. The Labute approximate surface area is 164 Å². The van der Waals surface area contributed by atoms with E-state index in [9.17, 15) is 9.59 Å². The Bertz CT molecular complexity index is 1220. The molecule has 4 rings (SSSR count). The fraction of sp³-hybridized carbons (Fsp3) is 0.200. The van der Waals surface area contributed by atoms with Gasteiger partial charge in [-0.2, -0.15) is 0 Å². The summed E-state index contributed by atoms with van der Waals surface area (Å²) in [5, 5.41) is 3.87. The SMILES string of the molecule is CCOc1ccc2nc(NC(=O)CCn3cnc4ccccc4c3=O)sc2c1. The Kier molecular flexibility index (Phi) is 5.03. The molecule has 0 saturated carbocycles. The Hall–Kier alpha value is -3.26. The molecule has 2 heterocycles. The third kappa shape index (κ3) is 3.72. The van der Waals surface area contributed by atoms with Crippen molar-refractivity contribution in [1.29, 1.82) is 0 Å². The van der Waals surface area contributed by atoms with Crippen LogP contribution < -0.4 is 15.6 Å². The minimum absolute atomic E-state index is 0.151. The largest absolute Gasteiger partial charge is 0.494 e. The Balaban J connectivity index is 1.44. The number of anilines is 1. The molecule has 0 bridgehead atoms. The molecule has 0 saturated heterocycles. The maximum Gasteiger partial charge on any atom is 0.261 e. The van der Waals surface area contributed by atoms with Crippen LogP contribution in [0.5, 0.6) is 5.75 Å². The molecule has 1 N–H and O–H groups in total. The zero-order valence-corrected chi connectivity index (χ0v) is 16.0. The van der Waals surface area contributed by atoms with Gasteiger partial charge in [-0.05, 0) is 37.3 Å². The van der Waals surface area contributed by atoms with Gasteiger partial charge in [-0.15, -0.1) is 0 Å². The summed E-state index contributed by atoms with van der Waals surface area (Å²) in [6.07, 6.45) is 1.63. The smallest absolute Gasteiger partial charge is 0.261 e. The van der Waals surface area contributed by atoms with Gasteiger partial charge in [-0.3, -0.25) is 14.2 Å². The van der Waals surface area contributed by atoms with E-state index in [0.717, 1.165) is 16.0 Å². The van der Waals surface area contributed by atoms with Gasteiger partial charge < -0.3 is 10.1 Å². The summed E-state index contributed by atoms with van der Waals surface area (Å²) in [6.45, 7) is 2.78. The van der Waals surface area contributed by atoms with Gasteiger partial charge in [0.05, 0.1) is 34.1 Å². The van der Waals surface area contributed by atoms with Gasteiger partial charge >= 0.3 is 0 Å². The zero-order chi connectivity index (χ0) is 19.5. The normalized spacial score (nSPS) is 11.0. The minimum atomic E-state index is -0.204. The summed E-state index contributed by atoms with van der Waals surface area (Å²) in [5.74, 6) is 0.573. The van der Waals surface area contributed by atoms with Gasteiger partial charge in [-0.1, -0.05) is 23.5 Å². The number of ether oxygens (including phenoxy) is 1. The molecule has 2 aromatic carbocycles. The van der Waals surface area contributed by atoms with Crippen LogP contribution >= 0.6 is 11.3 Å². The molecule has 4 aromatic rings. The third-order valence-electron chi connectivity index (χ3n) is 4.23. The first-order valence-electron chi connectivity index (χ1n) is 8.91. The predicted octanol–water partition coefficient (Wildman–Crippen LogP) is 3.43. The summed E-state index contributed by atoms with van der Waals surface area (Å²) < 4.78 is 7.88. The molecule has 142 valence electrons. The van der Waals surface area contributed by atoms with Crippen LogP contribution in [0, 0.1) is 0 Å². The summed E-state index contributed by atoms with van der Waals surface area (Å²) in [4.78, 5) is 33.5. The predicted molar refractivity (Wildman–Crippen MR) is 110 cm³/mol. The minimum Gasteiger partial charge on any atom is -0.494 e. The number of aromatic nitrogens is 3. The van der Waals surface area contributed by atoms with Crippen molar-refractivity contribution in [2.24, 2.45) is 0 Å². The number of nitrogens with one attached hydrogen (secondary N) is 1. The lowest BCUT2D eigenvalue weighted by Gasteiger charge is -2.06. The lowest BCUT2D eigenvalue weighted by molar-refractivity contribution is -0.116. The highest BCUT2D eigenvalue weighted by molar-refractivity contribution is 7.22. The fourth-order valence-corrected chi connectivity index (χ4v) is 3.79. The van der Waals surface area contributed by atoms with Gasteiger partial charge in [0.1, 0.15) is 5.75 Å². The molecule has 0 spiro atoms. The lowest BCUT2D eigenvalue weighted by Crippen LogP contribution is -2.23. The monoisotopic (exact) mass is 394 g/mol. The van der Waals surface area contributed by atoms with E-state index in [1.54, 1.807) is 18.2 Å². The molecular weight excluding hydrogens is 376 g/mol. The summed E-state index contributed by atoms with van der Waals surface area (Å²) >= 11 is 1.39. The van der Waals surface area contributed by atoms with Crippen molar-refractivity contribution in [2.75, 3.05) is 11.9 Å². The zero-order valence-electron chi connectivity index (χ0n) is 15.2. The standard InChI is InChI=1S/C20H18N4O3S/c1-2-27-13-7-8-16-17(11-13)28-20(22-16)23-18(25)9-10-24-12-21-15-6-4-3-5-14(15)19(24)26/h3-8,11-12H,2,9-10H2,1H3,(H,22,23,25). The molecule has 8 heteroatoms. The quantitative estimate of drug-likeness (QED) is 0.541. The van der Waals surface area contributed by atoms with Gasteiger partial charge in [0.2, 0.25) is 5.91 Å². The average molecular weight is 394 g/mol. The highest BCUT2D eigenvalue weighted by Gasteiger charge is 2.10. The second-order valence-corrected chi connectivity index (χ2v) is 7.17. The lowest BCUT2D eigenvalue weighted by atomic mass is 10.2.